The van der Waals surface area contributed by atoms with E-state index in [1.807, 2.05) is 25.1 Å². The molecule has 1 aromatic rings. The van der Waals surface area contributed by atoms with Crippen LogP contribution < -0.4 is 5.48 Å². The van der Waals surface area contributed by atoms with Crippen molar-refractivity contribution in [1.82, 2.24) is 0 Å². The van der Waals surface area contributed by atoms with Crippen LogP contribution in [0.1, 0.15) is 11.1 Å². The summed E-state index contributed by atoms with van der Waals surface area (Å²) >= 11 is 0. The number of methoxy groups -OCH3 is 1. The van der Waals surface area contributed by atoms with E-state index in [4.69, 9.17) is 9.94 Å². The highest BCUT2D eigenvalue weighted by atomic mass is 16.5. The number of aryl methyl sites for hydroxylation is 1. The summed E-state index contributed by atoms with van der Waals surface area (Å²) < 4.78 is 5.01. The second kappa shape index (κ2) is 4.21. The highest BCUT2D eigenvalue weighted by molar-refractivity contribution is 5.37. The van der Waals surface area contributed by atoms with Gasteiger partial charge in [-0.25, -0.2) is 5.21 Å². The van der Waals surface area contributed by atoms with Crippen LogP contribution in [0.4, 0.5) is 5.69 Å². The van der Waals surface area contributed by atoms with Crippen LogP contribution in [-0.4, -0.2) is 12.3 Å². The third kappa shape index (κ3) is 2.04. The van der Waals surface area contributed by atoms with E-state index in [0.717, 1.165) is 22.3 Å². The van der Waals surface area contributed by atoms with Gasteiger partial charge < -0.3 is 4.74 Å². The van der Waals surface area contributed by atoms with Crippen molar-refractivity contribution in [1.29, 1.82) is 0 Å². The van der Waals surface area contributed by atoms with Gasteiger partial charge >= 0.3 is 0 Å². The van der Waals surface area contributed by atoms with E-state index >= 15 is 0 Å². The molecule has 0 heterocycles. The fourth-order valence-electron chi connectivity index (χ4n) is 1.12. The Kier molecular flexibility index (Phi) is 3.22. The normalized spacial score (nSPS) is 10.2. The Labute approximate surface area is 71.9 Å². The minimum absolute atomic E-state index is 0.623. The van der Waals surface area contributed by atoms with Gasteiger partial charge in [-0.3, -0.25) is 0 Å². The molecule has 0 unspecified atom stereocenters. The first kappa shape index (κ1) is 9.19. The van der Waals surface area contributed by atoms with E-state index in [0.29, 0.717) is 6.61 Å². The molecule has 0 saturated heterocycles. The highest BCUT2D eigenvalue weighted by Gasteiger charge is 2.00. The zero-order chi connectivity index (χ0) is 8.97. The van der Waals surface area contributed by atoms with Crippen molar-refractivity contribution in [2.45, 2.75) is 13.5 Å². The molecule has 12 heavy (non-hydrogen) atoms. The van der Waals surface area contributed by atoms with Crippen molar-refractivity contribution in [3.8, 4) is 0 Å². The fourth-order valence-corrected chi connectivity index (χ4v) is 1.12. The van der Waals surface area contributed by atoms with E-state index < -0.39 is 0 Å². The van der Waals surface area contributed by atoms with Crippen molar-refractivity contribution in [2.75, 3.05) is 7.11 Å². The van der Waals surface area contributed by atoms with Gasteiger partial charge in [0.1, 0.15) is 0 Å². The summed E-state index contributed by atoms with van der Waals surface area (Å²) in [6.45, 7) is 2.62. The minimum atomic E-state index is 0.623. The van der Waals surface area contributed by atoms with Gasteiger partial charge in [0.05, 0.1) is 6.61 Å². The first-order valence-electron chi connectivity index (χ1n) is 3.84. The van der Waals surface area contributed by atoms with Crippen LogP contribution in [0.15, 0.2) is 18.2 Å². The topological polar surface area (TPSA) is 46.1 Å². The molecule has 0 aromatic heterocycles. The summed E-state index contributed by atoms with van der Waals surface area (Å²) in [6.07, 6.45) is 0. The summed E-state index contributed by atoms with van der Waals surface area (Å²) in [6, 6.07) is 5.75. The summed E-state index contributed by atoms with van der Waals surface area (Å²) in [7, 11) is 1.67. The van der Waals surface area contributed by atoms with Crippen molar-refractivity contribution in [3.63, 3.8) is 0 Å². The number of benzene rings is 1. The van der Waals surface area contributed by atoms with Crippen LogP contribution in [0.5, 0.6) is 0 Å². The van der Waals surface area contributed by atoms with Crippen molar-refractivity contribution in [2.24, 2.45) is 0 Å². The van der Waals surface area contributed by atoms with Gasteiger partial charge in [0.25, 0.3) is 0 Å². The van der Waals surface area contributed by atoms with Gasteiger partial charge in [0.15, 0.2) is 5.69 Å². The lowest BCUT2D eigenvalue weighted by atomic mass is 10.1. The average molecular weight is 168 g/mol. The van der Waals surface area contributed by atoms with Crippen LogP contribution >= 0.6 is 0 Å². The molecule has 1 rings (SSSR count). The molecule has 0 saturated carbocycles. The van der Waals surface area contributed by atoms with E-state index in [2.05, 4.69) is 0 Å². The van der Waals surface area contributed by atoms with E-state index in [-0.39, 0.29) is 0 Å². The van der Waals surface area contributed by atoms with Gasteiger partial charge in [-0.15, -0.1) is 0 Å². The predicted molar refractivity (Wildman–Crippen MR) is 45.3 cm³/mol. The zero-order valence-corrected chi connectivity index (χ0v) is 7.37. The Bertz CT molecular complexity index is 261. The summed E-state index contributed by atoms with van der Waals surface area (Å²) in [5.74, 6) is 0. The van der Waals surface area contributed by atoms with Crippen LogP contribution in [-0.2, 0) is 11.3 Å². The molecule has 1 aromatic carbocycles. The molecule has 0 aliphatic carbocycles. The molecule has 0 atom stereocenters. The minimum Gasteiger partial charge on any atom is -0.380 e. The third-order valence-electron chi connectivity index (χ3n) is 1.82. The molecule has 0 aliphatic rings. The Balaban J connectivity index is 2.87. The van der Waals surface area contributed by atoms with E-state index in [9.17, 15) is 0 Å². The first-order chi connectivity index (χ1) is 5.77. The number of ether oxygens (including phenoxy) is 1. The molecule has 0 amide bonds. The maximum Gasteiger partial charge on any atom is 0.162 e. The van der Waals surface area contributed by atoms with Crippen molar-refractivity contribution >= 4 is 5.69 Å². The molecular weight excluding hydrogens is 154 g/mol. The van der Waals surface area contributed by atoms with Crippen LogP contribution in [0.2, 0.25) is 0 Å². The van der Waals surface area contributed by atoms with Crippen molar-refractivity contribution < 1.29 is 15.4 Å². The second-order valence-electron chi connectivity index (χ2n) is 2.75. The Morgan fingerprint density at radius 2 is 2.25 bits per heavy atom. The fraction of sp³-hybridized carbons (Fsp3) is 0.333. The van der Waals surface area contributed by atoms with Gasteiger partial charge in [0.2, 0.25) is 0 Å². The number of nitrogens with two attached hydrogens (primary N) is 1. The second-order valence-corrected chi connectivity index (χ2v) is 2.75. The van der Waals surface area contributed by atoms with Gasteiger partial charge in [-0.1, -0.05) is 6.07 Å². The largest absolute Gasteiger partial charge is 0.380 e. The molecule has 3 N–H and O–H groups in total. The van der Waals surface area contributed by atoms with Gasteiger partial charge in [0, 0.05) is 19.2 Å². The Hall–Kier alpha value is -0.900. The maximum absolute atomic E-state index is 8.73. The van der Waals surface area contributed by atoms with Gasteiger partial charge in [-0.2, -0.15) is 5.48 Å². The standard InChI is InChI=1S/C9H13NO2/c1-7-5-9(10-11)4-3-8(7)6-12-2/h3-5,10-11H,6H2,1-2H3/p+1. The van der Waals surface area contributed by atoms with Gasteiger partial charge in [-0.05, 0) is 18.1 Å². The van der Waals surface area contributed by atoms with E-state index in [1.54, 1.807) is 7.11 Å². The molecule has 0 aliphatic heterocycles. The number of quaternary nitrogens is 1. The number of hydrogen-bond acceptors (Lipinski definition) is 2. The molecule has 66 valence electrons. The molecule has 0 radical (unpaired) electrons. The molecule has 0 fully saturated rings. The van der Waals surface area contributed by atoms with Crippen LogP contribution in [0, 0.1) is 6.92 Å². The Morgan fingerprint density at radius 3 is 2.75 bits per heavy atom. The lowest BCUT2D eigenvalue weighted by Crippen LogP contribution is -2.73. The smallest absolute Gasteiger partial charge is 0.162 e. The maximum atomic E-state index is 8.73. The zero-order valence-electron chi connectivity index (χ0n) is 7.37. The van der Waals surface area contributed by atoms with Crippen LogP contribution in [0.25, 0.3) is 0 Å². The molecule has 0 bridgehead atoms. The molecule has 3 heteroatoms. The summed E-state index contributed by atoms with van der Waals surface area (Å²) in [4.78, 5) is 0. The SMILES string of the molecule is COCc1ccc([NH2+]O)cc1C. The number of rotatable bonds is 3. The Morgan fingerprint density at radius 1 is 1.50 bits per heavy atom. The van der Waals surface area contributed by atoms with Crippen LogP contribution in [0.3, 0.4) is 0 Å². The summed E-state index contributed by atoms with van der Waals surface area (Å²) in [5.41, 5.74) is 4.22. The lowest BCUT2D eigenvalue weighted by Gasteiger charge is -2.03. The number of hydrogen-bond donors (Lipinski definition) is 2. The molecular formula is C9H14NO2+. The van der Waals surface area contributed by atoms with E-state index in [1.165, 1.54) is 0 Å². The average Bonchev–Trinajstić information content (AvgIpc) is 2.09. The molecule has 0 spiro atoms. The quantitative estimate of drug-likeness (QED) is 0.516. The third-order valence-corrected chi connectivity index (χ3v) is 1.82. The van der Waals surface area contributed by atoms with Crippen molar-refractivity contribution in [3.05, 3.63) is 29.3 Å². The summed E-state index contributed by atoms with van der Waals surface area (Å²) in [5, 5.41) is 8.73. The monoisotopic (exact) mass is 168 g/mol. The molecule has 3 nitrogen and oxygen atoms in total. The highest BCUT2D eigenvalue weighted by Crippen LogP contribution is 2.11. The lowest BCUT2D eigenvalue weighted by molar-refractivity contribution is -0.825. The first-order valence-corrected chi connectivity index (χ1v) is 3.84. The predicted octanol–water partition coefficient (Wildman–Crippen LogP) is 0.726.